The number of morpholine rings is 2. The number of anilines is 4. The van der Waals surface area contributed by atoms with Crippen molar-refractivity contribution < 1.29 is 75.3 Å². The van der Waals surface area contributed by atoms with Gasteiger partial charge in [0.1, 0.15) is 40.9 Å². The van der Waals surface area contributed by atoms with E-state index in [-0.39, 0.29) is 102 Å². The average Bonchev–Trinajstić information content (AvgIpc) is 1.48. The molecule has 10 atom stereocenters. The minimum absolute atomic E-state index is 0.000521. The number of nitrogens with zero attached hydrogens (tertiary/aromatic N) is 5. The Morgan fingerprint density at radius 3 is 1.41 bits per heavy atom. The maximum absolute atomic E-state index is 16.5. The number of aldehydes is 1. The fourth-order valence-electron chi connectivity index (χ4n) is 22.9. The number of hydrogen-bond acceptors (Lipinski definition) is 18. The van der Waals surface area contributed by atoms with Crippen molar-refractivity contribution in [3.05, 3.63) is 374 Å². The molecule has 4 amide bonds. The lowest BCUT2D eigenvalue weighted by atomic mass is 9.53. The largest absolute Gasteiger partial charge is 0.480 e. The number of carboxylic acid groups (broad SMARTS) is 1. The van der Waals surface area contributed by atoms with Crippen molar-refractivity contribution >= 4 is 181 Å². The van der Waals surface area contributed by atoms with Crippen LogP contribution < -0.4 is 31.9 Å². The number of pyridine rings is 4. The molecular weight excluding hydrogens is 2070 g/mol. The number of ether oxygens (including phenoxy) is 2. The van der Waals surface area contributed by atoms with Crippen molar-refractivity contribution in [3.63, 3.8) is 0 Å². The predicted octanol–water partition coefficient (Wildman–Crippen LogP) is 25.8. The lowest BCUT2D eigenvalue weighted by molar-refractivity contribution is -0.184. The van der Waals surface area contributed by atoms with Gasteiger partial charge in [-0.15, -0.1) is 0 Å². The first kappa shape index (κ1) is 108. The molecule has 8 aliphatic heterocycles. The number of rotatable bonds is 9. The standard InChI is InChI=1S/C38H34Cl2FN3O3.C24H24Cl2FN3O3.C16H15NO2.C14H7Cl2FN2O.C8H6ClNO.C8H14O.C6H3ClFNO/c1-36(2)16-18-37(19-17-36)38(26-14-13-24(39)21-27(26)43-35(38)46)28(25-15-20-42-33(40)29(25)41)31-34(45)47-32(23-11-7-4-8-12-23)30(44(31)37)22-9-5-3-6-10-22;1-22(2)6-8-23(9-7-22)24(14-4-3-12(25)11-15(14)29-21(24)33)16(18(30-23)20(31)32)13-5-10-28-19(26)17(13)27;18-14-11-17-15(12-7-3-1-4-8-12)16(19-14)13-9-5-2-6-10-13;15-8-1-2-9-10(14(20)19-11(9)6-8)5-7-3-4-18-13(16)12(7)17;9-6-2-1-5-3-8(11)10-7(5)4-6;1-8(2)5-3-7(9)4-6-8;7-6-5(8)4(3-10)1-2-9-6/h3-15,20-21,28,30-32H,16-19H2,1-2H3,(H,43,46);3-5,10-11,16,18,30H,6-9H2,1-2H3,(H,29,33)(H,31,32);1-10,15-17H,11H2;1-6H,(H,19,20);1-2,4H,3H2,(H,10,11);3-6H2,1-2H3;1-3H/t28-,30+,31+,32-,38-;16-,18+,24+;15-,16+;;;;/m001..../s1. The Labute approximate surface area is 898 Å². The topological polar surface area (TPSA) is 319 Å². The molecule has 23 rings (SSSR count). The number of carboxylic acids is 1. The van der Waals surface area contributed by atoms with Crippen LogP contribution in [-0.2, 0) is 65.1 Å². The van der Waals surface area contributed by atoms with Gasteiger partial charge in [-0.3, -0.25) is 58.7 Å². The molecule has 4 spiro atoms. The van der Waals surface area contributed by atoms with Crippen LogP contribution in [-0.4, -0.2) is 113 Å². The minimum atomic E-state index is -1.39. The zero-order valence-corrected chi connectivity index (χ0v) is 87.5. The fourth-order valence-corrected chi connectivity index (χ4v) is 24.3. The third-order valence-corrected chi connectivity index (χ3v) is 32.4. The number of aromatic nitrogens is 4. The van der Waals surface area contributed by atoms with Gasteiger partial charge < -0.3 is 35.8 Å². The van der Waals surface area contributed by atoms with Gasteiger partial charge in [0, 0.05) is 114 Å². The number of cyclic esters (lactones) is 2. The van der Waals surface area contributed by atoms with Gasteiger partial charge in [-0.1, -0.05) is 280 Å². The summed E-state index contributed by atoms with van der Waals surface area (Å²) < 4.78 is 70.3. The minimum Gasteiger partial charge on any atom is -0.480 e. The molecule has 0 radical (unpaired) electrons. The number of benzene rings is 8. The summed E-state index contributed by atoms with van der Waals surface area (Å²) in [5.74, 6) is -7.30. The smallest absolute Gasteiger partial charge is 0.324 e. The molecule has 11 aliphatic rings. The summed E-state index contributed by atoms with van der Waals surface area (Å²) in [5, 5.41) is 29.2. The van der Waals surface area contributed by atoms with E-state index in [9.17, 15) is 52.2 Å². The molecule has 35 heteroatoms. The molecule has 3 aliphatic carbocycles. The lowest BCUT2D eigenvalue weighted by Crippen LogP contribution is -2.64. The molecule has 7 N–H and O–H groups in total. The molecule has 3 saturated carbocycles. The van der Waals surface area contributed by atoms with E-state index in [1.54, 1.807) is 66.7 Å². The molecule has 0 bridgehead atoms. The number of nitrogens with one attached hydrogen (secondary N) is 6. The second-order valence-corrected chi connectivity index (χ2v) is 44.1. The molecule has 7 fully saturated rings. The Hall–Kier alpha value is -12.4. The highest BCUT2D eigenvalue weighted by atomic mass is 35.5. The number of amides is 4. The molecule has 149 heavy (non-hydrogen) atoms. The van der Waals surface area contributed by atoms with Crippen molar-refractivity contribution in [1.82, 2.24) is 35.5 Å². The first-order valence-electron chi connectivity index (χ1n) is 48.6. The van der Waals surface area contributed by atoms with Gasteiger partial charge in [0.2, 0.25) is 17.7 Å². The summed E-state index contributed by atoms with van der Waals surface area (Å²) in [6, 6.07) is 63.6. The van der Waals surface area contributed by atoms with Gasteiger partial charge in [0.15, 0.2) is 50.2 Å². The number of aliphatic carboxylic acids is 1. The van der Waals surface area contributed by atoms with E-state index in [0.717, 1.165) is 84.9 Å². The van der Waals surface area contributed by atoms with E-state index < -0.39 is 93.2 Å². The fraction of sp³-hybridized carbons (Fsp3) is 0.307. The van der Waals surface area contributed by atoms with E-state index >= 15 is 13.6 Å². The molecular formula is C114H103Cl8F4N11O12. The van der Waals surface area contributed by atoms with Gasteiger partial charge in [-0.25, -0.2) is 37.5 Å². The van der Waals surface area contributed by atoms with Gasteiger partial charge in [0.25, 0.3) is 5.91 Å². The Balaban J connectivity index is 0.000000129. The van der Waals surface area contributed by atoms with Crippen molar-refractivity contribution in [2.75, 3.05) is 27.8 Å². The quantitative estimate of drug-likeness (QED) is 0.0232. The molecule has 0 unspecified atom stereocenters. The molecule has 770 valence electrons. The number of Topliss-reactive ketones (excluding diaryl/α,β-unsaturated/α-hetero) is 1. The van der Waals surface area contributed by atoms with Crippen LogP contribution in [0.1, 0.15) is 226 Å². The normalized spacial score (nSPS) is 23.9. The summed E-state index contributed by atoms with van der Waals surface area (Å²) in [5.41, 5.74) is 6.17. The second-order valence-electron chi connectivity index (χ2n) is 40.9. The highest BCUT2D eigenvalue weighted by Crippen LogP contribution is 2.72. The lowest BCUT2D eigenvalue weighted by Gasteiger charge is -2.57. The predicted molar refractivity (Wildman–Crippen MR) is 567 cm³/mol. The summed E-state index contributed by atoms with van der Waals surface area (Å²) in [6.07, 6.45) is 16.1. The number of halogens is 12. The third kappa shape index (κ3) is 21.5. The maximum atomic E-state index is 16.5. The summed E-state index contributed by atoms with van der Waals surface area (Å²) >= 11 is 47.5. The van der Waals surface area contributed by atoms with Gasteiger partial charge in [0.05, 0.1) is 36.3 Å². The van der Waals surface area contributed by atoms with Crippen LogP contribution in [0.3, 0.4) is 0 Å². The van der Waals surface area contributed by atoms with E-state index in [1.165, 1.54) is 49.1 Å². The van der Waals surface area contributed by atoms with E-state index in [2.05, 4.69) is 98.3 Å². The number of fused-ring (bicyclic) bond motifs is 10. The zero-order valence-electron chi connectivity index (χ0n) is 81.5. The summed E-state index contributed by atoms with van der Waals surface area (Å²) in [4.78, 5) is 129. The number of esters is 2. The zero-order chi connectivity index (χ0) is 106. The van der Waals surface area contributed by atoms with E-state index in [1.807, 2.05) is 133 Å². The Morgan fingerprint density at radius 2 is 0.886 bits per heavy atom. The SMILES string of the molecule is CC1(C)CCC(=O)CC1.CC1(C)CCC2(CC1)N1[C@H](c3ccccc3)[C@H](c3ccccc3)OC(=O)[C@H]1[C@H](c1ccnc(Cl)c1F)[C@@]21C(=O)Nc2cc(Cl)ccc21.CC1(C)CCC2(CC1)N[C@@H](C(=O)O)[C@H](c1ccnc(Cl)c1F)[C@]21C(=O)Nc2cc(Cl)ccc21.O=C1CN[C@H](c2ccccc2)[C@H](c2ccccc2)O1.O=C1Cc2ccc(Cl)cc2N1.O=C1Nc2cc(Cl)ccc2C1=Cc1ccnc(Cl)c1F.O=Cc1ccnc(Cl)c1F. The summed E-state index contributed by atoms with van der Waals surface area (Å²) in [6.45, 7) is 13.5. The van der Waals surface area contributed by atoms with Crippen molar-refractivity contribution in [2.45, 2.75) is 195 Å². The van der Waals surface area contributed by atoms with Crippen LogP contribution in [0.25, 0.3) is 11.6 Å². The number of ketones is 1. The van der Waals surface area contributed by atoms with Gasteiger partial charge in [-0.2, -0.15) is 0 Å². The Morgan fingerprint density at radius 1 is 0.443 bits per heavy atom. The van der Waals surface area contributed by atoms with Crippen LogP contribution in [0.4, 0.5) is 40.3 Å². The van der Waals surface area contributed by atoms with E-state index in [0.29, 0.717) is 109 Å². The van der Waals surface area contributed by atoms with Crippen LogP contribution in [0.15, 0.2) is 243 Å². The highest BCUT2D eigenvalue weighted by molar-refractivity contribution is 6.37. The molecule has 8 aromatic carbocycles. The first-order chi connectivity index (χ1) is 71.1. The van der Waals surface area contributed by atoms with Crippen molar-refractivity contribution in [1.29, 1.82) is 0 Å². The molecule has 4 saturated heterocycles. The monoisotopic (exact) mass is 2170 g/mol. The molecule has 12 heterocycles. The number of carbonyl (C=O) groups is 9. The van der Waals surface area contributed by atoms with Gasteiger partial charge >= 0.3 is 17.9 Å². The highest BCUT2D eigenvalue weighted by Gasteiger charge is 2.79. The van der Waals surface area contributed by atoms with Crippen LogP contribution in [0, 0.1) is 39.5 Å². The van der Waals surface area contributed by atoms with Crippen LogP contribution in [0.5, 0.6) is 0 Å². The van der Waals surface area contributed by atoms with Crippen LogP contribution >= 0.6 is 92.8 Å². The molecule has 4 aromatic heterocycles. The van der Waals surface area contributed by atoms with Gasteiger partial charge in [-0.05, 0) is 209 Å². The van der Waals surface area contributed by atoms with Crippen LogP contribution in [0.2, 0.25) is 40.7 Å². The van der Waals surface area contributed by atoms with Crippen molar-refractivity contribution in [3.8, 4) is 0 Å². The maximum Gasteiger partial charge on any atom is 0.324 e. The average molecular weight is 2180 g/mol. The Kier molecular flexibility index (Phi) is 32.1. The number of carbonyl (C=O) groups excluding carboxylic acids is 8. The third-order valence-electron chi connectivity index (χ3n) is 30.4. The second kappa shape index (κ2) is 44.3. The number of hydrogen-bond donors (Lipinski definition) is 7. The molecule has 12 aromatic rings. The Bertz CT molecular complexity index is 7220. The van der Waals surface area contributed by atoms with Crippen molar-refractivity contribution in [2.24, 2.45) is 16.2 Å². The van der Waals surface area contributed by atoms with E-state index in [4.69, 9.17) is 102 Å². The summed E-state index contributed by atoms with van der Waals surface area (Å²) in [7, 11) is 0. The first-order valence-corrected chi connectivity index (χ1v) is 51.6. The molecule has 23 nitrogen and oxygen atoms in total.